The Morgan fingerprint density at radius 3 is 2.37 bits per heavy atom. The molecule has 0 saturated heterocycles. The minimum Gasteiger partial charge on any atom is -0.321 e. The lowest BCUT2D eigenvalue weighted by molar-refractivity contribution is 0.102. The summed E-state index contributed by atoms with van der Waals surface area (Å²) in [5.74, 6) is -1.57. The minimum atomic E-state index is -0.645. The van der Waals surface area contributed by atoms with Crippen LogP contribution in [0.2, 0.25) is 10.2 Å². The Labute approximate surface area is 163 Å². The fourth-order valence-corrected chi connectivity index (χ4v) is 2.37. The number of hydrogen-bond donors (Lipinski definition) is 2. The Balaban J connectivity index is 1.83. The van der Waals surface area contributed by atoms with E-state index in [1.54, 1.807) is 6.07 Å². The molecule has 0 radical (unpaired) electrons. The van der Waals surface area contributed by atoms with Crippen LogP contribution in [-0.4, -0.2) is 21.8 Å². The summed E-state index contributed by atoms with van der Waals surface area (Å²) in [5.41, 5.74) is 0.291. The molecule has 1 aromatic carbocycles. The molecule has 3 aromatic rings. The van der Waals surface area contributed by atoms with E-state index in [9.17, 15) is 14.0 Å². The van der Waals surface area contributed by atoms with Gasteiger partial charge in [0.1, 0.15) is 16.8 Å². The topological polar surface area (TPSA) is 84.0 Å². The monoisotopic (exact) mass is 404 g/mol. The van der Waals surface area contributed by atoms with Crippen LogP contribution >= 0.6 is 23.2 Å². The molecule has 6 nitrogen and oxygen atoms in total. The zero-order valence-electron chi connectivity index (χ0n) is 13.5. The summed E-state index contributed by atoms with van der Waals surface area (Å²) < 4.78 is 13.7. The average Bonchev–Trinajstić information content (AvgIpc) is 2.65. The number of nitrogens with zero attached hydrogens (tertiary/aromatic N) is 2. The predicted molar refractivity (Wildman–Crippen MR) is 101 cm³/mol. The molecule has 0 aliphatic heterocycles. The van der Waals surface area contributed by atoms with Crippen LogP contribution in [0.15, 0.2) is 54.9 Å². The van der Waals surface area contributed by atoms with Gasteiger partial charge in [0.15, 0.2) is 0 Å². The number of rotatable bonds is 4. The second-order valence-corrected chi connectivity index (χ2v) is 6.15. The van der Waals surface area contributed by atoms with Crippen LogP contribution < -0.4 is 10.6 Å². The van der Waals surface area contributed by atoms with Crippen molar-refractivity contribution >= 4 is 46.5 Å². The first kappa shape index (κ1) is 18.8. The SMILES string of the molecule is O=C(Nc1ccc(F)cc1C(=O)Nc1ccc(Cl)cn1)c1ccc(Cl)nc1. The lowest BCUT2D eigenvalue weighted by Crippen LogP contribution is -2.19. The number of aromatic nitrogens is 2. The number of anilines is 2. The summed E-state index contributed by atoms with van der Waals surface area (Å²) in [7, 11) is 0. The zero-order chi connectivity index (χ0) is 19.4. The molecule has 2 N–H and O–H groups in total. The minimum absolute atomic E-state index is 0.0676. The third-order valence-corrected chi connectivity index (χ3v) is 3.88. The van der Waals surface area contributed by atoms with Crippen LogP contribution in [0.1, 0.15) is 20.7 Å². The van der Waals surface area contributed by atoms with Crippen molar-refractivity contribution in [2.45, 2.75) is 0 Å². The molecule has 2 heterocycles. The fraction of sp³-hybridized carbons (Fsp3) is 0. The van der Waals surface area contributed by atoms with Crippen LogP contribution in [0.5, 0.6) is 0 Å². The number of hydrogen-bond acceptors (Lipinski definition) is 4. The first-order valence-corrected chi connectivity index (χ1v) is 8.33. The van der Waals surface area contributed by atoms with Crippen molar-refractivity contribution in [1.29, 1.82) is 0 Å². The van der Waals surface area contributed by atoms with Gasteiger partial charge in [0.05, 0.1) is 21.8 Å². The van der Waals surface area contributed by atoms with Gasteiger partial charge in [0.25, 0.3) is 11.8 Å². The molecular weight excluding hydrogens is 394 g/mol. The highest BCUT2D eigenvalue weighted by molar-refractivity contribution is 6.30. The summed E-state index contributed by atoms with van der Waals surface area (Å²) in [6.07, 6.45) is 2.65. The second kappa shape index (κ2) is 8.11. The maximum atomic E-state index is 13.7. The highest BCUT2D eigenvalue weighted by Crippen LogP contribution is 2.20. The fourth-order valence-electron chi connectivity index (χ4n) is 2.15. The number of halogens is 3. The molecule has 0 bridgehead atoms. The van der Waals surface area contributed by atoms with Gasteiger partial charge >= 0.3 is 0 Å². The molecule has 3 rings (SSSR count). The lowest BCUT2D eigenvalue weighted by Gasteiger charge is -2.11. The smallest absolute Gasteiger partial charge is 0.259 e. The Bertz CT molecular complexity index is 995. The summed E-state index contributed by atoms with van der Waals surface area (Å²) in [4.78, 5) is 32.6. The number of carbonyl (C=O) groups is 2. The van der Waals surface area contributed by atoms with E-state index < -0.39 is 17.6 Å². The van der Waals surface area contributed by atoms with Gasteiger partial charge in [-0.3, -0.25) is 9.59 Å². The Morgan fingerprint density at radius 2 is 1.70 bits per heavy atom. The molecule has 136 valence electrons. The van der Waals surface area contributed by atoms with Gasteiger partial charge in [-0.2, -0.15) is 0 Å². The Hall–Kier alpha value is -3.03. The molecule has 0 spiro atoms. The van der Waals surface area contributed by atoms with Crippen molar-refractivity contribution in [1.82, 2.24) is 9.97 Å². The van der Waals surface area contributed by atoms with Crippen LogP contribution in [0, 0.1) is 5.82 Å². The molecule has 27 heavy (non-hydrogen) atoms. The van der Waals surface area contributed by atoms with Crippen LogP contribution in [0.3, 0.4) is 0 Å². The summed E-state index contributed by atoms with van der Waals surface area (Å²) in [6, 6.07) is 9.42. The molecule has 9 heteroatoms. The van der Waals surface area contributed by atoms with Crippen molar-refractivity contribution in [3.8, 4) is 0 Å². The molecule has 0 unspecified atom stereocenters. The van der Waals surface area contributed by atoms with E-state index in [2.05, 4.69) is 20.6 Å². The molecule has 0 saturated carbocycles. The Morgan fingerprint density at radius 1 is 0.889 bits per heavy atom. The maximum absolute atomic E-state index is 13.7. The van der Waals surface area contributed by atoms with E-state index in [1.165, 1.54) is 36.7 Å². The number of benzene rings is 1. The van der Waals surface area contributed by atoms with E-state index in [-0.39, 0.29) is 27.8 Å². The van der Waals surface area contributed by atoms with Gasteiger partial charge in [0.2, 0.25) is 0 Å². The highest BCUT2D eigenvalue weighted by Gasteiger charge is 2.16. The first-order valence-electron chi connectivity index (χ1n) is 7.58. The largest absolute Gasteiger partial charge is 0.321 e. The second-order valence-electron chi connectivity index (χ2n) is 5.33. The normalized spacial score (nSPS) is 10.3. The molecular formula is C18H11Cl2FN4O2. The first-order chi connectivity index (χ1) is 12.9. The van der Waals surface area contributed by atoms with Crippen molar-refractivity contribution in [2.75, 3.05) is 10.6 Å². The number of pyridine rings is 2. The maximum Gasteiger partial charge on any atom is 0.259 e. The van der Waals surface area contributed by atoms with Gasteiger partial charge in [-0.1, -0.05) is 23.2 Å². The average molecular weight is 405 g/mol. The van der Waals surface area contributed by atoms with E-state index in [0.717, 1.165) is 12.1 Å². The summed E-state index contributed by atoms with van der Waals surface area (Å²) in [5, 5.41) is 5.72. The molecule has 0 aliphatic rings. The summed E-state index contributed by atoms with van der Waals surface area (Å²) >= 11 is 11.4. The van der Waals surface area contributed by atoms with Gasteiger partial charge in [-0.25, -0.2) is 14.4 Å². The van der Waals surface area contributed by atoms with Crippen LogP contribution in [0.25, 0.3) is 0 Å². The van der Waals surface area contributed by atoms with E-state index in [0.29, 0.717) is 5.02 Å². The third-order valence-electron chi connectivity index (χ3n) is 3.43. The zero-order valence-corrected chi connectivity index (χ0v) is 15.1. The van der Waals surface area contributed by atoms with Crippen LogP contribution in [0.4, 0.5) is 15.9 Å². The van der Waals surface area contributed by atoms with Crippen molar-refractivity contribution < 1.29 is 14.0 Å². The van der Waals surface area contributed by atoms with Gasteiger partial charge in [-0.15, -0.1) is 0 Å². The molecule has 0 atom stereocenters. The third kappa shape index (κ3) is 4.78. The van der Waals surface area contributed by atoms with Crippen molar-refractivity contribution in [2.24, 2.45) is 0 Å². The molecule has 2 amide bonds. The van der Waals surface area contributed by atoms with E-state index in [4.69, 9.17) is 23.2 Å². The van der Waals surface area contributed by atoms with Gasteiger partial charge in [0, 0.05) is 12.4 Å². The lowest BCUT2D eigenvalue weighted by atomic mass is 10.1. The van der Waals surface area contributed by atoms with E-state index in [1.807, 2.05) is 0 Å². The standard InChI is InChI=1S/C18H11Cl2FN4O2/c19-11-2-6-16(23-9-11)25-18(27)13-7-12(21)3-4-14(13)24-17(26)10-1-5-15(20)22-8-10/h1-9H,(H,24,26)(H,23,25,27). The molecule has 0 aliphatic carbocycles. The Kier molecular flexibility index (Phi) is 5.63. The number of nitrogens with one attached hydrogen (secondary N) is 2. The highest BCUT2D eigenvalue weighted by atomic mass is 35.5. The number of amides is 2. The quantitative estimate of drug-likeness (QED) is 0.630. The molecule has 0 fully saturated rings. The molecule has 2 aromatic heterocycles. The van der Waals surface area contributed by atoms with Gasteiger partial charge < -0.3 is 10.6 Å². The summed E-state index contributed by atoms with van der Waals surface area (Å²) in [6.45, 7) is 0. The van der Waals surface area contributed by atoms with Crippen molar-refractivity contribution in [3.05, 3.63) is 82.0 Å². The van der Waals surface area contributed by atoms with E-state index >= 15 is 0 Å². The number of carbonyl (C=O) groups excluding carboxylic acids is 2. The van der Waals surface area contributed by atoms with Gasteiger partial charge in [-0.05, 0) is 42.5 Å². The van der Waals surface area contributed by atoms with Crippen molar-refractivity contribution in [3.63, 3.8) is 0 Å². The van der Waals surface area contributed by atoms with Crippen LogP contribution in [-0.2, 0) is 0 Å². The predicted octanol–water partition coefficient (Wildman–Crippen LogP) is 4.43.